The molecule has 31 heavy (non-hydrogen) atoms. The molecule has 0 bridgehead atoms. The van der Waals surface area contributed by atoms with Crippen molar-refractivity contribution in [2.75, 3.05) is 12.3 Å². The summed E-state index contributed by atoms with van der Waals surface area (Å²) in [5, 5.41) is 21.3. The summed E-state index contributed by atoms with van der Waals surface area (Å²) in [5.74, 6) is 0.163. The zero-order chi connectivity index (χ0) is 22.4. The number of cyclic esters (lactones) is 1. The van der Waals surface area contributed by atoms with E-state index in [4.69, 9.17) is 9.84 Å². The SMILES string of the molecule is C[C@@H]1OC(=O)N(CCSc2nc(C(=O)O)cs2)[C@H]1C=CCC(C)(O)CC1CCCCC1. The van der Waals surface area contributed by atoms with Gasteiger partial charge in [0, 0.05) is 17.7 Å². The lowest BCUT2D eigenvalue weighted by Crippen LogP contribution is -2.36. The maximum Gasteiger partial charge on any atom is 0.410 e. The van der Waals surface area contributed by atoms with E-state index < -0.39 is 11.6 Å². The van der Waals surface area contributed by atoms with Crippen molar-refractivity contribution < 1.29 is 24.5 Å². The molecule has 0 radical (unpaired) electrons. The van der Waals surface area contributed by atoms with Gasteiger partial charge in [-0.25, -0.2) is 14.6 Å². The molecule has 2 aliphatic rings. The molecule has 1 aromatic heterocycles. The van der Waals surface area contributed by atoms with Crippen LogP contribution in [0.4, 0.5) is 4.79 Å². The molecule has 3 atom stereocenters. The lowest BCUT2D eigenvalue weighted by molar-refractivity contribution is 0.0302. The maximum absolute atomic E-state index is 12.3. The minimum absolute atomic E-state index is 0.0443. The summed E-state index contributed by atoms with van der Waals surface area (Å²) in [6.45, 7) is 4.25. The Labute approximate surface area is 191 Å². The molecule has 1 aliphatic carbocycles. The topological polar surface area (TPSA) is 100.0 Å². The van der Waals surface area contributed by atoms with Crippen molar-refractivity contribution in [2.24, 2.45) is 5.92 Å². The second kappa shape index (κ2) is 10.8. The molecular weight excluding hydrogens is 436 g/mol. The van der Waals surface area contributed by atoms with Gasteiger partial charge in [-0.1, -0.05) is 56.0 Å². The first kappa shape index (κ1) is 24.1. The molecule has 1 amide bonds. The smallest absolute Gasteiger partial charge is 0.410 e. The molecule has 1 aromatic rings. The number of amides is 1. The van der Waals surface area contributed by atoms with E-state index in [1.54, 1.807) is 4.90 Å². The van der Waals surface area contributed by atoms with E-state index in [-0.39, 0.29) is 23.9 Å². The number of carboxylic acids is 1. The van der Waals surface area contributed by atoms with Crippen LogP contribution in [0.15, 0.2) is 21.9 Å². The van der Waals surface area contributed by atoms with Gasteiger partial charge >= 0.3 is 12.1 Å². The summed E-state index contributed by atoms with van der Waals surface area (Å²) in [7, 11) is 0. The summed E-state index contributed by atoms with van der Waals surface area (Å²) in [6.07, 6.45) is 11.0. The van der Waals surface area contributed by atoms with Crippen LogP contribution in [-0.4, -0.2) is 62.2 Å². The number of thiazole rings is 1. The number of carbonyl (C=O) groups excluding carboxylic acids is 1. The molecule has 3 rings (SSSR count). The number of carbonyl (C=O) groups is 2. The summed E-state index contributed by atoms with van der Waals surface area (Å²) in [6, 6.07) is -0.176. The van der Waals surface area contributed by atoms with Gasteiger partial charge in [0.1, 0.15) is 6.10 Å². The van der Waals surface area contributed by atoms with Crippen molar-refractivity contribution in [3.63, 3.8) is 0 Å². The molecule has 1 unspecified atom stereocenters. The molecule has 172 valence electrons. The van der Waals surface area contributed by atoms with E-state index in [2.05, 4.69) is 4.98 Å². The molecule has 2 N–H and O–H groups in total. The number of hydrogen-bond donors (Lipinski definition) is 2. The van der Waals surface area contributed by atoms with E-state index in [9.17, 15) is 14.7 Å². The number of hydrogen-bond acceptors (Lipinski definition) is 7. The summed E-state index contributed by atoms with van der Waals surface area (Å²) in [4.78, 5) is 29.0. The minimum atomic E-state index is -1.04. The number of aromatic carboxylic acids is 1. The first-order chi connectivity index (χ1) is 14.7. The molecule has 1 saturated heterocycles. The molecule has 1 aliphatic heterocycles. The first-order valence-electron chi connectivity index (χ1n) is 10.9. The van der Waals surface area contributed by atoms with E-state index in [0.717, 1.165) is 6.42 Å². The molecule has 7 nitrogen and oxygen atoms in total. The van der Waals surface area contributed by atoms with Gasteiger partial charge in [0.2, 0.25) is 0 Å². The number of aliphatic hydroxyl groups is 1. The number of nitrogens with zero attached hydrogens (tertiary/aromatic N) is 2. The number of carboxylic acid groups (broad SMARTS) is 1. The van der Waals surface area contributed by atoms with Gasteiger partial charge in [-0.05, 0) is 32.6 Å². The highest BCUT2D eigenvalue weighted by Crippen LogP contribution is 2.32. The quantitative estimate of drug-likeness (QED) is 0.375. The Morgan fingerprint density at radius 2 is 2.16 bits per heavy atom. The summed E-state index contributed by atoms with van der Waals surface area (Å²) < 4.78 is 6.07. The van der Waals surface area contributed by atoms with Gasteiger partial charge in [-0.15, -0.1) is 11.3 Å². The van der Waals surface area contributed by atoms with Gasteiger partial charge in [0.15, 0.2) is 10.0 Å². The summed E-state index contributed by atoms with van der Waals surface area (Å²) >= 11 is 2.72. The third kappa shape index (κ3) is 6.95. The molecule has 2 fully saturated rings. The Morgan fingerprint density at radius 3 is 2.84 bits per heavy atom. The average molecular weight is 469 g/mol. The fourth-order valence-corrected chi connectivity index (χ4v) is 6.19. The lowest BCUT2D eigenvalue weighted by atomic mass is 9.80. The fraction of sp³-hybridized carbons (Fsp3) is 0.682. The van der Waals surface area contributed by atoms with Crippen molar-refractivity contribution in [1.82, 2.24) is 9.88 Å². The van der Waals surface area contributed by atoms with Crippen molar-refractivity contribution in [3.05, 3.63) is 23.2 Å². The number of ether oxygens (including phenoxy) is 1. The summed E-state index contributed by atoms with van der Waals surface area (Å²) in [5.41, 5.74) is -0.693. The monoisotopic (exact) mass is 468 g/mol. The van der Waals surface area contributed by atoms with Gasteiger partial charge in [-0.3, -0.25) is 4.90 Å². The second-order valence-electron chi connectivity index (χ2n) is 8.76. The van der Waals surface area contributed by atoms with Crippen LogP contribution in [-0.2, 0) is 4.74 Å². The second-order valence-corrected chi connectivity index (χ2v) is 11.0. The predicted molar refractivity (Wildman–Crippen MR) is 122 cm³/mol. The van der Waals surface area contributed by atoms with Crippen LogP contribution < -0.4 is 0 Å². The van der Waals surface area contributed by atoms with Crippen LogP contribution in [0, 0.1) is 5.92 Å². The van der Waals surface area contributed by atoms with E-state index >= 15 is 0 Å². The fourth-order valence-electron chi connectivity index (χ4n) is 4.38. The molecular formula is C22H32N2O5S2. The Balaban J connectivity index is 1.50. The standard InChI is InChI=1S/C22H32N2O5S2/c1-15-18(9-6-10-22(2,28)13-16-7-4-3-5-8-16)24(21(27)29-15)11-12-30-20-23-17(14-31-20)19(25)26/h6,9,14-16,18,28H,3-5,7-8,10-13H2,1-2H3,(H,25,26)/t15-,18-,22?/m0/s1. The number of rotatable bonds is 10. The van der Waals surface area contributed by atoms with Crippen LogP contribution >= 0.6 is 23.1 Å². The lowest BCUT2D eigenvalue weighted by Gasteiger charge is -2.30. The highest BCUT2D eigenvalue weighted by molar-refractivity contribution is 8.01. The van der Waals surface area contributed by atoms with E-state index in [1.807, 2.05) is 26.0 Å². The normalized spacial score (nSPS) is 24.5. The van der Waals surface area contributed by atoms with Crippen LogP contribution in [0.3, 0.4) is 0 Å². The molecule has 0 spiro atoms. The third-order valence-corrected chi connectivity index (χ3v) is 7.97. The van der Waals surface area contributed by atoms with Gasteiger partial charge < -0.3 is 14.9 Å². The first-order valence-corrected chi connectivity index (χ1v) is 12.8. The molecule has 0 aromatic carbocycles. The minimum Gasteiger partial charge on any atom is -0.476 e. The van der Waals surface area contributed by atoms with Gasteiger partial charge in [0.05, 0.1) is 11.6 Å². The number of thioether (sulfide) groups is 1. The molecule has 1 saturated carbocycles. The third-order valence-electron chi connectivity index (χ3n) is 5.97. The van der Waals surface area contributed by atoms with E-state index in [0.29, 0.717) is 29.0 Å². The Hall–Kier alpha value is -1.58. The average Bonchev–Trinajstić information content (AvgIpc) is 3.28. The van der Waals surface area contributed by atoms with Gasteiger partial charge in [0.25, 0.3) is 0 Å². The van der Waals surface area contributed by atoms with Gasteiger partial charge in [-0.2, -0.15) is 0 Å². The Morgan fingerprint density at radius 1 is 1.42 bits per heavy atom. The largest absolute Gasteiger partial charge is 0.476 e. The highest BCUT2D eigenvalue weighted by atomic mass is 32.2. The number of aromatic nitrogens is 1. The van der Waals surface area contributed by atoms with Crippen LogP contribution in [0.25, 0.3) is 0 Å². The van der Waals surface area contributed by atoms with Crippen molar-refractivity contribution >= 4 is 35.2 Å². The van der Waals surface area contributed by atoms with Crippen LogP contribution in [0.5, 0.6) is 0 Å². The highest BCUT2D eigenvalue weighted by Gasteiger charge is 2.37. The zero-order valence-corrected chi connectivity index (χ0v) is 19.8. The van der Waals surface area contributed by atoms with Crippen molar-refractivity contribution in [2.45, 2.75) is 80.9 Å². The zero-order valence-electron chi connectivity index (χ0n) is 18.2. The van der Waals surface area contributed by atoms with Crippen molar-refractivity contribution in [3.8, 4) is 0 Å². The Kier molecular flexibility index (Phi) is 8.41. The maximum atomic E-state index is 12.3. The Bertz CT molecular complexity index is 789. The van der Waals surface area contributed by atoms with E-state index in [1.165, 1.54) is 60.6 Å². The van der Waals surface area contributed by atoms with Crippen LogP contribution in [0.1, 0.15) is 69.3 Å². The molecule has 9 heteroatoms. The molecule has 2 heterocycles. The van der Waals surface area contributed by atoms with Crippen molar-refractivity contribution in [1.29, 1.82) is 0 Å². The van der Waals surface area contributed by atoms with Crippen LogP contribution in [0.2, 0.25) is 0 Å². The predicted octanol–water partition coefficient (Wildman–Crippen LogP) is 4.81.